The Balaban J connectivity index is 1.30. The van der Waals surface area contributed by atoms with Gasteiger partial charge in [-0.3, -0.25) is 9.59 Å². The van der Waals surface area contributed by atoms with Crippen LogP contribution in [0.4, 0.5) is 21.5 Å². The largest absolute Gasteiger partial charge is 0.372 e. The van der Waals surface area contributed by atoms with Crippen LogP contribution >= 0.6 is 0 Å². The van der Waals surface area contributed by atoms with Gasteiger partial charge < -0.3 is 15.5 Å². The molecule has 28 heavy (non-hydrogen) atoms. The third kappa shape index (κ3) is 4.16. The van der Waals surface area contributed by atoms with Gasteiger partial charge in [0, 0.05) is 24.5 Å². The third-order valence-electron chi connectivity index (χ3n) is 5.45. The molecule has 1 saturated carbocycles. The van der Waals surface area contributed by atoms with Crippen LogP contribution in [0.5, 0.6) is 0 Å². The topological polar surface area (TPSA) is 61.4 Å². The number of hydrogen-bond acceptors (Lipinski definition) is 3. The van der Waals surface area contributed by atoms with E-state index in [1.165, 1.54) is 37.1 Å². The summed E-state index contributed by atoms with van der Waals surface area (Å²) in [6.07, 6.45) is 4.21. The maximum Gasteiger partial charge on any atom is 0.228 e. The molecule has 2 aromatic carbocycles. The number of rotatable bonds is 5. The molecular weight excluding hydrogens is 357 g/mol. The van der Waals surface area contributed by atoms with Crippen molar-refractivity contribution < 1.29 is 14.0 Å². The Bertz CT molecular complexity index is 862. The molecule has 0 aromatic heterocycles. The highest BCUT2D eigenvalue weighted by Crippen LogP contribution is 2.40. The summed E-state index contributed by atoms with van der Waals surface area (Å²) in [7, 11) is 0. The maximum atomic E-state index is 13.6. The van der Waals surface area contributed by atoms with E-state index in [0.29, 0.717) is 6.42 Å². The van der Waals surface area contributed by atoms with Gasteiger partial charge in [-0.25, -0.2) is 4.39 Å². The zero-order valence-electron chi connectivity index (χ0n) is 15.7. The average Bonchev–Trinajstić information content (AvgIpc) is 3.52. The molecule has 4 rings (SSSR count). The molecule has 1 aliphatic heterocycles. The van der Waals surface area contributed by atoms with Crippen LogP contribution in [0.15, 0.2) is 48.5 Å². The monoisotopic (exact) mass is 381 g/mol. The van der Waals surface area contributed by atoms with Crippen LogP contribution in [0.2, 0.25) is 0 Å². The molecule has 2 aromatic rings. The van der Waals surface area contributed by atoms with E-state index in [-0.39, 0.29) is 23.4 Å². The predicted molar refractivity (Wildman–Crippen MR) is 108 cm³/mol. The van der Waals surface area contributed by atoms with E-state index < -0.39 is 11.7 Å². The Kier molecular flexibility index (Phi) is 5.28. The maximum absolute atomic E-state index is 13.6. The van der Waals surface area contributed by atoms with Gasteiger partial charge in [0.2, 0.25) is 11.8 Å². The molecule has 1 heterocycles. The van der Waals surface area contributed by atoms with Gasteiger partial charge in [0.05, 0.1) is 17.5 Å². The number of hydrogen-bond donors (Lipinski definition) is 2. The number of benzene rings is 2. The van der Waals surface area contributed by atoms with Crippen molar-refractivity contribution in [3.63, 3.8) is 0 Å². The van der Waals surface area contributed by atoms with E-state index in [1.807, 2.05) is 24.3 Å². The zero-order chi connectivity index (χ0) is 19.5. The van der Waals surface area contributed by atoms with Crippen molar-refractivity contribution in [2.75, 3.05) is 28.6 Å². The van der Waals surface area contributed by atoms with Crippen LogP contribution in [0, 0.1) is 17.7 Å². The van der Waals surface area contributed by atoms with E-state index in [1.54, 1.807) is 12.1 Å². The number of piperidine rings is 1. The Labute approximate surface area is 163 Å². The Hall–Kier alpha value is -2.89. The van der Waals surface area contributed by atoms with Crippen LogP contribution in [0.3, 0.4) is 0 Å². The second-order valence-corrected chi connectivity index (χ2v) is 7.50. The molecule has 5 nitrogen and oxygen atoms in total. The normalized spacial score (nSPS) is 21.1. The lowest BCUT2D eigenvalue weighted by molar-refractivity contribution is -0.122. The molecule has 2 atom stereocenters. The molecule has 2 N–H and O–H groups in total. The van der Waals surface area contributed by atoms with Gasteiger partial charge in [0.15, 0.2) is 0 Å². The molecule has 2 fully saturated rings. The first-order chi connectivity index (χ1) is 13.6. The molecule has 0 spiro atoms. The molecule has 1 aliphatic carbocycles. The van der Waals surface area contributed by atoms with Gasteiger partial charge in [-0.1, -0.05) is 12.1 Å². The van der Waals surface area contributed by atoms with Crippen molar-refractivity contribution >= 4 is 28.9 Å². The van der Waals surface area contributed by atoms with Gasteiger partial charge in [0.1, 0.15) is 5.82 Å². The fraction of sp³-hybridized carbons (Fsp3) is 0.364. The van der Waals surface area contributed by atoms with E-state index >= 15 is 0 Å². The molecule has 1 saturated heterocycles. The summed E-state index contributed by atoms with van der Waals surface area (Å²) in [6.45, 7) is 2.15. The van der Waals surface area contributed by atoms with E-state index in [0.717, 1.165) is 18.8 Å². The molecule has 6 heteroatoms. The lowest BCUT2D eigenvalue weighted by Gasteiger charge is -2.28. The molecule has 2 aliphatic rings. The first-order valence-electron chi connectivity index (χ1n) is 9.83. The summed E-state index contributed by atoms with van der Waals surface area (Å²) in [4.78, 5) is 27.0. The van der Waals surface area contributed by atoms with Gasteiger partial charge in [0.25, 0.3) is 0 Å². The summed E-state index contributed by atoms with van der Waals surface area (Å²) in [6, 6.07) is 13.9. The van der Waals surface area contributed by atoms with Gasteiger partial charge >= 0.3 is 0 Å². The SMILES string of the molecule is O=C(Nc1ccc(N2CCCCC2)cc1)C1CC1C(=O)Nc1ccccc1F. The number of anilines is 3. The third-order valence-corrected chi connectivity index (χ3v) is 5.45. The Morgan fingerprint density at radius 1 is 0.857 bits per heavy atom. The number of amides is 2. The number of para-hydroxylation sites is 1. The van der Waals surface area contributed by atoms with E-state index in [4.69, 9.17) is 0 Å². The second kappa shape index (κ2) is 8.00. The Morgan fingerprint density at radius 2 is 1.50 bits per heavy atom. The zero-order valence-corrected chi connectivity index (χ0v) is 15.7. The highest BCUT2D eigenvalue weighted by atomic mass is 19.1. The smallest absolute Gasteiger partial charge is 0.228 e. The van der Waals surface area contributed by atoms with Gasteiger partial charge in [-0.2, -0.15) is 0 Å². The van der Waals surface area contributed by atoms with Gasteiger partial charge in [-0.15, -0.1) is 0 Å². The molecule has 2 unspecified atom stereocenters. The number of carbonyl (C=O) groups excluding carboxylic acids is 2. The highest BCUT2D eigenvalue weighted by molar-refractivity contribution is 6.03. The van der Waals surface area contributed by atoms with Crippen molar-refractivity contribution in [2.24, 2.45) is 11.8 Å². The van der Waals surface area contributed by atoms with E-state index in [2.05, 4.69) is 15.5 Å². The minimum absolute atomic E-state index is 0.145. The fourth-order valence-corrected chi connectivity index (χ4v) is 3.71. The fourth-order valence-electron chi connectivity index (χ4n) is 3.71. The number of nitrogens with zero attached hydrogens (tertiary/aromatic N) is 1. The lowest BCUT2D eigenvalue weighted by Crippen LogP contribution is -2.29. The molecule has 0 bridgehead atoms. The first-order valence-corrected chi connectivity index (χ1v) is 9.83. The quantitative estimate of drug-likeness (QED) is 0.822. The number of halogens is 1. The summed E-state index contributed by atoms with van der Waals surface area (Å²) >= 11 is 0. The minimum atomic E-state index is -0.480. The first kappa shape index (κ1) is 18.5. The van der Waals surface area contributed by atoms with Crippen LogP contribution in [0.25, 0.3) is 0 Å². The average molecular weight is 381 g/mol. The van der Waals surface area contributed by atoms with Crippen molar-refractivity contribution in [3.8, 4) is 0 Å². The standard InChI is InChI=1S/C22H24FN3O2/c23-19-6-2-3-7-20(19)25-22(28)18-14-17(18)21(27)24-15-8-10-16(11-9-15)26-12-4-1-5-13-26/h2-3,6-11,17-18H,1,4-5,12-14H2,(H,24,27)(H,25,28). The summed E-state index contributed by atoms with van der Waals surface area (Å²) in [5.74, 6) is -1.74. The molecule has 146 valence electrons. The van der Waals surface area contributed by atoms with E-state index in [9.17, 15) is 14.0 Å². The lowest BCUT2D eigenvalue weighted by atomic mass is 10.1. The summed E-state index contributed by atoms with van der Waals surface area (Å²) < 4.78 is 13.6. The van der Waals surface area contributed by atoms with Crippen LogP contribution in [0.1, 0.15) is 25.7 Å². The van der Waals surface area contributed by atoms with Gasteiger partial charge in [-0.05, 0) is 62.1 Å². The summed E-state index contributed by atoms with van der Waals surface area (Å²) in [5, 5.41) is 5.45. The molecule has 0 radical (unpaired) electrons. The molecule has 2 amide bonds. The van der Waals surface area contributed by atoms with Crippen molar-refractivity contribution in [1.29, 1.82) is 0 Å². The Morgan fingerprint density at radius 3 is 2.18 bits per heavy atom. The van der Waals surface area contributed by atoms with Crippen LogP contribution in [-0.4, -0.2) is 24.9 Å². The highest BCUT2D eigenvalue weighted by Gasteiger charge is 2.48. The molecular formula is C22H24FN3O2. The van der Waals surface area contributed by atoms with Crippen molar-refractivity contribution in [2.45, 2.75) is 25.7 Å². The number of nitrogens with one attached hydrogen (secondary N) is 2. The van der Waals surface area contributed by atoms with Crippen molar-refractivity contribution in [3.05, 3.63) is 54.3 Å². The number of carbonyl (C=O) groups is 2. The second-order valence-electron chi connectivity index (χ2n) is 7.50. The van der Waals surface area contributed by atoms with Crippen LogP contribution < -0.4 is 15.5 Å². The van der Waals surface area contributed by atoms with Crippen molar-refractivity contribution in [1.82, 2.24) is 0 Å². The van der Waals surface area contributed by atoms with Crippen LogP contribution in [-0.2, 0) is 9.59 Å². The summed E-state index contributed by atoms with van der Waals surface area (Å²) in [5.41, 5.74) is 2.05. The predicted octanol–water partition coefficient (Wildman–Crippen LogP) is 4.03. The minimum Gasteiger partial charge on any atom is -0.372 e.